The number of nitrogens with zero attached hydrogens (tertiary/aromatic N) is 2. The first kappa shape index (κ1) is 35.0. The van der Waals surface area contributed by atoms with Gasteiger partial charge in [-0.1, -0.05) is 90.3 Å². The Morgan fingerprint density at radius 1 is 0.783 bits per heavy atom. The van der Waals surface area contributed by atoms with Crippen molar-refractivity contribution < 1.29 is 18.0 Å². The number of carbonyl (C=O) groups is 2. The highest BCUT2D eigenvalue weighted by atomic mass is 35.5. The molecule has 0 unspecified atom stereocenters. The molecule has 7 nitrogen and oxygen atoms in total. The minimum Gasteiger partial charge on any atom is -0.354 e. The van der Waals surface area contributed by atoms with Crippen LogP contribution in [0.2, 0.25) is 10.0 Å². The fourth-order valence-corrected chi connectivity index (χ4v) is 6.93. The summed E-state index contributed by atoms with van der Waals surface area (Å²) in [5.41, 5.74) is 4.45. The summed E-state index contributed by atoms with van der Waals surface area (Å²) in [5, 5.41) is 3.61. The first-order valence-corrected chi connectivity index (χ1v) is 17.3. The predicted octanol–water partition coefficient (Wildman–Crippen LogP) is 7.28. The van der Waals surface area contributed by atoms with Crippen LogP contribution in [0, 0.1) is 20.8 Å². The Hall–Kier alpha value is -3.85. The molecule has 4 aromatic carbocycles. The van der Waals surface area contributed by atoms with Crippen LogP contribution in [0.5, 0.6) is 0 Å². The monoisotopic (exact) mass is 679 g/mol. The molecule has 4 rings (SSSR count). The highest BCUT2D eigenvalue weighted by Crippen LogP contribution is 2.28. The van der Waals surface area contributed by atoms with Crippen molar-refractivity contribution in [3.05, 3.63) is 129 Å². The van der Waals surface area contributed by atoms with Crippen LogP contribution in [0.3, 0.4) is 0 Å². The Morgan fingerprint density at radius 3 is 2.04 bits per heavy atom. The van der Waals surface area contributed by atoms with Gasteiger partial charge in [0.1, 0.15) is 12.6 Å². The van der Waals surface area contributed by atoms with E-state index in [1.807, 2.05) is 64.1 Å². The quantitative estimate of drug-likeness (QED) is 0.161. The van der Waals surface area contributed by atoms with E-state index in [4.69, 9.17) is 23.2 Å². The molecule has 0 aliphatic heterocycles. The van der Waals surface area contributed by atoms with Gasteiger partial charge in [0.25, 0.3) is 10.0 Å². The van der Waals surface area contributed by atoms with Gasteiger partial charge in [-0.3, -0.25) is 13.9 Å². The van der Waals surface area contributed by atoms with Gasteiger partial charge in [-0.25, -0.2) is 8.42 Å². The zero-order valence-corrected chi connectivity index (χ0v) is 28.8. The van der Waals surface area contributed by atoms with Crippen LogP contribution in [0.1, 0.15) is 41.2 Å². The standard InChI is InChI=1S/C36H39Cl2N3O4S/c1-5-17-39-36(43)34(22-28-9-7-6-8-10-28)40(23-29-13-16-32(37)33(38)21-29)35(42)24-41(30-19-26(3)18-27(4)20-30)46(44,45)31-14-11-25(2)12-15-31/h6-16,18-21,34H,5,17,22-24H2,1-4H3,(H,39,43)/t34-/m0/s1. The Bertz CT molecular complexity index is 1760. The Balaban J connectivity index is 1.83. The van der Waals surface area contributed by atoms with Crippen LogP contribution < -0.4 is 9.62 Å². The van der Waals surface area contributed by atoms with Crippen molar-refractivity contribution in [2.24, 2.45) is 0 Å². The second kappa shape index (κ2) is 15.6. The lowest BCUT2D eigenvalue weighted by Crippen LogP contribution is -2.53. The van der Waals surface area contributed by atoms with Gasteiger partial charge in [0.05, 0.1) is 20.6 Å². The molecule has 1 N–H and O–H groups in total. The lowest BCUT2D eigenvalue weighted by atomic mass is 10.0. The Labute approximate surface area is 282 Å². The van der Waals surface area contributed by atoms with E-state index in [-0.39, 0.29) is 23.8 Å². The third-order valence-corrected chi connectivity index (χ3v) is 10.1. The van der Waals surface area contributed by atoms with Gasteiger partial charge in [-0.2, -0.15) is 0 Å². The van der Waals surface area contributed by atoms with Crippen LogP contribution in [0.15, 0.2) is 95.9 Å². The summed E-state index contributed by atoms with van der Waals surface area (Å²) >= 11 is 12.5. The largest absolute Gasteiger partial charge is 0.354 e. The number of nitrogens with one attached hydrogen (secondary N) is 1. The summed E-state index contributed by atoms with van der Waals surface area (Å²) < 4.78 is 29.6. The molecule has 0 radical (unpaired) electrons. The summed E-state index contributed by atoms with van der Waals surface area (Å²) in [7, 11) is -4.19. The van der Waals surface area contributed by atoms with E-state index in [0.717, 1.165) is 26.6 Å². The van der Waals surface area contributed by atoms with Crippen molar-refractivity contribution >= 4 is 50.7 Å². The smallest absolute Gasteiger partial charge is 0.264 e. The van der Waals surface area contributed by atoms with E-state index in [9.17, 15) is 18.0 Å². The van der Waals surface area contributed by atoms with Gasteiger partial charge < -0.3 is 10.2 Å². The van der Waals surface area contributed by atoms with Gasteiger partial charge >= 0.3 is 0 Å². The van der Waals surface area contributed by atoms with E-state index in [2.05, 4.69) is 5.32 Å². The highest BCUT2D eigenvalue weighted by molar-refractivity contribution is 7.92. The predicted molar refractivity (Wildman–Crippen MR) is 186 cm³/mol. The van der Waals surface area contributed by atoms with Crippen LogP contribution in [-0.2, 0) is 32.6 Å². The molecular formula is C36H39Cl2N3O4S. The zero-order chi connectivity index (χ0) is 33.4. The molecular weight excluding hydrogens is 641 g/mol. The third-order valence-electron chi connectivity index (χ3n) is 7.54. The number of amides is 2. The lowest BCUT2D eigenvalue weighted by Gasteiger charge is -2.34. The topological polar surface area (TPSA) is 86.8 Å². The summed E-state index contributed by atoms with van der Waals surface area (Å²) in [5.74, 6) is -0.882. The molecule has 1 atom stereocenters. The van der Waals surface area contributed by atoms with E-state index in [1.165, 1.54) is 17.0 Å². The Kier molecular flexibility index (Phi) is 11.9. The fourth-order valence-electron chi connectivity index (χ4n) is 5.22. The minimum absolute atomic E-state index is 0.00195. The van der Waals surface area contributed by atoms with Gasteiger partial charge in [-0.05, 0) is 85.8 Å². The lowest BCUT2D eigenvalue weighted by molar-refractivity contribution is -0.140. The summed E-state index contributed by atoms with van der Waals surface area (Å²) in [4.78, 5) is 29.9. The molecule has 10 heteroatoms. The minimum atomic E-state index is -4.19. The molecule has 2 amide bonds. The van der Waals surface area contributed by atoms with Crippen molar-refractivity contribution in [1.82, 2.24) is 10.2 Å². The van der Waals surface area contributed by atoms with Crippen LogP contribution in [-0.4, -0.2) is 44.3 Å². The SMILES string of the molecule is CCCNC(=O)[C@H](Cc1ccccc1)N(Cc1ccc(Cl)c(Cl)c1)C(=O)CN(c1cc(C)cc(C)c1)S(=O)(=O)c1ccc(C)cc1. The third kappa shape index (κ3) is 8.90. The van der Waals surface area contributed by atoms with Gasteiger partial charge in [0.15, 0.2) is 0 Å². The van der Waals surface area contributed by atoms with Crippen molar-refractivity contribution in [1.29, 1.82) is 0 Å². The number of anilines is 1. The molecule has 0 saturated carbocycles. The number of carbonyl (C=O) groups excluding carboxylic acids is 2. The summed E-state index contributed by atoms with van der Waals surface area (Å²) in [6.45, 7) is 7.46. The van der Waals surface area contributed by atoms with E-state index in [1.54, 1.807) is 42.5 Å². The summed E-state index contributed by atoms with van der Waals surface area (Å²) in [6.07, 6.45) is 0.928. The molecule has 242 valence electrons. The van der Waals surface area contributed by atoms with Gasteiger partial charge in [0, 0.05) is 19.5 Å². The molecule has 0 aromatic heterocycles. The number of rotatable bonds is 13. The molecule has 46 heavy (non-hydrogen) atoms. The molecule has 0 fully saturated rings. The normalized spacial score (nSPS) is 12.0. The number of halogens is 2. The molecule has 0 spiro atoms. The molecule has 0 bridgehead atoms. The molecule has 0 aliphatic carbocycles. The van der Waals surface area contributed by atoms with Crippen molar-refractivity contribution in [2.75, 3.05) is 17.4 Å². The number of sulfonamides is 1. The second-order valence-electron chi connectivity index (χ2n) is 11.4. The zero-order valence-electron chi connectivity index (χ0n) is 26.5. The van der Waals surface area contributed by atoms with E-state index < -0.39 is 28.5 Å². The Morgan fingerprint density at radius 2 is 1.43 bits per heavy atom. The number of hydrogen-bond acceptors (Lipinski definition) is 4. The van der Waals surface area contributed by atoms with Crippen LogP contribution in [0.4, 0.5) is 5.69 Å². The average molecular weight is 681 g/mol. The summed E-state index contributed by atoms with van der Waals surface area (Å²) in [6, 6.07) is 25.4. The van der Waals surface area contributed by atoms with Crippen LogP contribution >= 0.6 is 23.2 Å². The first-order chi connectivity index (χ1) is 21.9. The number of benzene rings is 4. The maximum absolute atomic E-state index is 14.6. The molecule has 0 aliphatic rings. The van der Waals surface area contributed by atoms with Gasteiger partial charge in [-0.15, -0.1) is 0 Å². The van der Waals surface area contributed by atoms with E-state index in [0.29, 0.717) is 34.3 Å². The highest BCUT2D eigenvalue weighted by Gasteiger charge is 2.34. The maximum atomic E-state index is 14.6. The van der Waals surface area contributed by atoms with Crippen molar-refractivity contribution in [3.8, 4) is 0 Å². The van der Waals surface area contributed by atoms with Crippen LogP contribution in [0.25, 0.3) is 0 Å². The van der Waals surface area contributed by atoms with E-state index >= 15 is 0 Å². The first-order valence-electron chi connectivity index (χ1n) is 15.1. The molecule has 4 aromatic rings. The van der Waals surface area contributed by atoms with Gasteiger partial charge in [0.2, 0.25) is 11.8 Å². The average Bonchev–Trinajstić information content (AvgIpc) is 3.02. The number of hydrogen-bond donors (Lipinski definition) is 1. The number of aryl methyl sites for hydroxylation is 3. The maximum Gasteiger partial charge on any atom is 0.264 e. The second-order valence-corrected chi connectivity index (χ2v) is 14.1. The van der Waals surface area contributed by atoms with Crippen molar-refractivity contribution in [3.63, 3.8) is 0 Å². The fraction of sp³-hybridized carbons (Fsp3) is 0.278. The molecule has 0 heterocycles. The van der Waals surface area contributed by atoms with Crippen molar-refractivity contribution in [2.45, 2.75) is 58.0 Å². The molecule has 0 saturated heterocycles.